The molecule has 0 spiro atoms. The van der Waals surface area contributed by atoms with Crippen LogP contribution in [0.4, 0.5) is 0 Å². The highest BCUT2D eigenvalue weighted by Crippen LogP contribution is 2.44. The van der Waals surface area contributed by atoms with Crippen LogP contribution in [0.15, 0.2) is 22.8 Å². The van der Waals surface area contributed by atoms with Crippen molar-refractivity contribution in [2.45, 2.75) is 56.0 Å². The lowest BCUT2D eigenvalue weighted by Crippen LogP contribution is -2.61. The summed E-state index contributed by atoms with van der Waals surface area (Å²) < 4.78 is 5.57. The van der Waals surface area contributed by atoms with E-state index in [-0.39, 0.29) is 5.54 Å². The van der Waals surface area contributed by atoms with Gasteiger partial charge in [0.15, 0.2) is 0 Å². The molecule has 0 radical (unpaired) electrons. The first-order valence-corrected chi connectivity index (χ1v) is 8.42. The molecule has 1 aromatic rings. The van der Waals surface area contributed by atoms with Crippen molar-refractivity contribution in [2.24, 2.45) is 5.73 Å². The lowest BCUT2D eigenvalue weighted by molar-refractivity contribution is 0.0582. The molecule has 1 saturated carbocycles. The minimum Gasteiger partial charge on any atom is -0.468 e. The molecule has 106 valence electrons. The second-order valence-corrected chi connectivity index (χ2v) is 7.31. The first-order chi connectivity index (χ1) is 9.26. The molecule has 2 heterocycles. The molecule has 19 heavy (non-hydrogen) atoms. The second kappa shape index (κ2) is 5.51. The Kier molecular flexibility index (Phi) is 3.92. The molecular weight excluding hydrogens is 256 g/mol. The Hall–Kier alpha value is -0.450. The van der Waals surface area contributed by atoms with Crippen molar-refractivity contribution >= 4 is 11.8 Å². The van der Waals surface area contributed by atoms with Crippen LogP contribution in [0.5, 0.6) is 0 Å². The average molecular weight is 280 g/mol. The maximum atomic E-state index is 6.24. The monoisotopic (exact) mass is 280 g/mol. The Bertz CT molecular complexity index is 404. The number of thioether (sulfide) groups is 1. The number of hydrogen-bond donors (Lipinski definition) is 1. The zero-order chi connectivity index (χ0) is 13.3. The molecule has 3 nitrogen and oxygen atoms in total. The molecule has 1 aliphatic carbocycles. The minimum absolute atomic E-state index is 0.164. The summed E-state index contributed by atoms with van der Waals surface area (Å²) in [6, 6.07) is 4.78. The highest BCUT2D eigenvalue weighted by atomic mass is 32.2. The molecule has 2 fully saturated rings. The normalized spacial score (nSPS) is 31.8. The van der Waals surface area contributed by atoms with Gasteiger partial charge in [-0.1, -0.05) is 6.92 Å². The Morgan fingerprint density at radius 1 is 1.53 bits per heavy atom. The predicted molar refractivity (Wildman–Crippen MR) is 80.2 cm³/mol. The molecule has 2 aliphatic rings. The number of nitrogens with zero attached hydrogens (tertiary/aromatic N) is 1. The summed E-state index contributed by atoms with van der Waals surface area (Å²) in [7, 11) is 0. The summed E-state index contributed by atoms with van der Waals surface area (Å²) >= 11 is 2.08. The highest BCUT2D eigenvalue weighted by molar-refractivity contribution is 8.00. The summed E-state index contributed by atoms with van der Waals surface area (Å²) in [5, 5.41) is 0.613. The largest absolute Gasteiger partial charge is 0.468 e. The molecule has 1 aromatic heterocycles. The molecule has 0 amide bonds. The van der Waals surface area contributed by atoms with E-state index in [1.165, 1.54) is 31.4 Å². The van der Waals surface area contributed by atoms with Crippen molar-refractivity contribution in [3.63, 3.8) is 0 Å². The van der Waals surface area contributed by atoms with Crippen LogP contribution in [0.1, 0.15) is 38.4 Å². The van der Waals surface area contributed by atoms with E-state index in [0.717, 1.165) is 24.9 Å². The van der Waals surface area contributed by atoms with Gasteiger partial charge in [-0.05, 0) is 43.6 Å². The lowest BCUT2D eigenvalue weighted by Gasteiger charge is -2.49. The molecule has 1 aliphatic heterocycles. The number of nitrogens with two attached hydrogens (primary N) is 1. The van der Waals surface area contributed by atoms with Gasteiger partial charge in [0.25, 0.3) is 0 Å². The first kappa shape index (κ1) is 13.5. The maximum Gasteiger partial charge on any atom is 0.117 e. The summed E-state index contributed by atoms with van der Waals surface area (Å²) in [5.41, 5.74) is 6.40. The molecule has 0 bridgehead atoms. The third kappa shape index (κ3) is 2.58. The fraction of sp³-hybridized carbons (Fsp3) is 0.733. The van der Waals surface area contributed by atoms with Crippen LogP contribution >= 0.6 is 11.8 Å². The van der Waals surface area contributed by atoms with E-state index in [9.17, 15) is 0 Å². The second-order valence-electron chi connectivity index (χ2n) is 5.86. The van der Waals surface area contributed by atoms with Gasteiger partial charge in [-0.3, -0.25) is 4.90 Å². The SMILES string of the molecule is CC1SCCCC1(CN)N(Cc1ccco1)C1CC1. The van der Waals surface area contributed by atoms with Crippen LogP contribution in [0.25, 0.3) is 0 Å². The molecule has 1 saturated heterocycles. The first-order valence-electron chi connectivity index (χ1n) is 7.37. The van der Waals surface area contributed by atoms with Gasteiger partial charge in [0, 0.05) is 23.4 Å². The van der Waals surface area contributed by atoms with E-state index in [1.54, 1.807) is 6.26 Å². The van der Waals surface area contributed by atoms with E-state index >= 15 is 0 Å². The lowest BCUT2D eigenvalue weighted by atomic mass is 9.87. The molecule has 3 rings (SSSR count). The summed E-state index contributed by atoms with van der Waals surface area (Å²) in [5.74, 6) is 2.35. The Labute approximate surface area is 119 Å². The molecule has 0 aromatic carbocycles. The smallest absolute Gasteiger partial charge is 0.117 e. The molecule has 4 heteroatoms. The fourth-order valence-corrected chi connectivity index (χ4v) is 4.69. The van der Waals surface area contributed by atoms with Gasteiger partial charge in [0.2, 0.25) is 0 Å². The molecule has 2 atom stereocenters. The number of hydrogen-bond acceptors (Lipinski definition) is 4. The topological polar surface area (TPSA) is 42.4 Å². The summed E-state index contributed by atoms with van der Waals surface area (Å²) in [4.78, 5) is 2.66. The van der Waals surface area contributed by atoms with Crippen molar-refractivity contribution < 1.29 is 4.42 Å². The van der Waals surface area contributed by atoms with Crippen molar-refractivity contribution in [1.82, 2.24) is 4.90 Å². The van der Waals surface area contributed by atoms with Crippen molar-refractivity contribution in [1.29, 1.82) is 0 Å². The minimum atomic E-state index is 0.164. The van der Waals surface area contributed by atoms with Gasteiger partial charge < -0.3 is 10.2 Å². The van der Waals surface area contributed by atoms with Crippen LogP contribution in [0, 0.1) is 0 Å². The number of rotatable bonds is 5. The predicted octanol–water partition coefficient (Wildman–Crippen LogP) is 2.86. The van der Waals surface area contributed by atoms with Crippen LogP contribution in [0.2, 0.25) is 0 Å². The summed E-state index contributed by atoms with van der Waals surface area (Å²) in [6.45, 7) is 4.03. The third-order valence-corrected chi connectivity index (χ3v) is 6.16. The van der Waals surface area contributed by atoms with E-state index in [4.69, 9.17) is 10.2 Å². The zero-order valence-corrected chi connectivity index (χ0v) is 12.5. The quantitative estimate of drug-likeness (QED) is 0.900. The summed E-state index contributed by atoms with van der Waals surface area (Å²) in [6.07, 6.45) is 6.93. The Balaban J connectivity index is 1.84. The van der Waals surface area contributed by atoms with Crippen molar-refractivity contribution in [3.8, 4) is 0 Å². The fourth-order valence-electron chi connectivity index (χ4n) is 3.37. The van der Waals surface area contributed by atoms with Gasteiger partial charge >= 0.3 is 0 Å². The zero-order valence-electron chi connectivity index (χ0n) is 11.7. The Morgan fingerprint density at radius 3 is 2.95 bits per heavy atom. The number of furan rings is 1. The van der Waals surface area contributed by atoms with Crippen LogP contribution in [-0.2, 0) is 6.54 Å². The molecule has 2 unspecified atom stereocenters. The maximum absolute atomic E-state index is 6.24. The van der Waals surface area contributed by atoms with Crippen LogP contribution < -0.4 is 5.73 Å². The van der Waals surface area contributed by atoms with Crippen molar-refractivity contribution in [3.05, 3.63) is 24.2 Å². The van der Waals surface area contributed by atoms with Crippen molar-refractivity contribution in [2.75, 3.05) is 12.3 Å². The average Bonchev–Trinajstić information content (AvgIpc) is 3.14. The van der Waals surface area contributed by atoms with E-state index in [2.05, 4.69) is 29.7 Å². The van der Waals surface area contributed by atoms with Gasteiger partial charge in [-0.15, -0.1) is 0 Å². The van der Waals surface area contributed by atoms with E-state index in [1.807, 2.05) is 6.07 Å². The third-order valence-electron chi connectivity index (χ3n) is 4.70. The highest BCUT2D eigenvalue weighted by Gasteiger charge is 2.48. The molecule has 2 N–H and O–H groups in total. The van der Waals surface area contributed by atoms with E-state index < -0.39 is 0 Å². The van der Waals surface area contributed by atoms with Gasteiger partial charge in [-0.25, -0.2) is 0 Å². The van der Waals surface area contributed by atoms with Gasteiger partial charge in [0.1, 0.15) is 5.76 Å². The van der Waals surface area contributed by atoms with Crippen LogP contribution in [0.3, 0.4) is 0 Å². The molecular formula is C15H24N2OS. The van der Waals surface area contributed by atoms with Gasteiger partial charge in [0.05, 0.1) is 12.8 Å². The Morgan fingerprint density at radius 2 is 2.37 bits per heavy atom. The van der Waals surface area contributed by atoms with Crippen LogP contribution in [-0.4, -0.2) is 34.0 Å². The van der Waals surface area contributed by atoms with Gasteiger partial charge in [-0.2, -0.15) is 11.8 Å². The van der Waals surface area contributed by atoms with E-state index in [0.29, 0.717) is 5.25 Å². The standard InChI is InChI=1S/C15H24N2OS/c1-12-15(11-16,7-3-9-19-12)17(13-5-6-13)10-14-4-2-8-18-14/h2,4,8,12-13H,3,5-7,9-11,16H2,1H3.